The lowest BCUT2D eigenvalue weighted by Crippen LogP contribution is -2.15. The number of aromatic hydroxyl groups is 1. The number of phenolic OH excluding ortho intramolecular Hbond substituents is 1. The third-order valence-corrected chi connectivity index (χ3v) is 1.87. The van der Waals surface area contributed by atoms with Gasteiger partial charge in [0.25, 0.3) is 0 Å². The Labute approximate surface area is 71.5 Å². The number of benzene rings is 1. The quantitative estimate of drug-likeness (QED) is 0.611. The average molecular weight is 167 g/mol. The molecule has 3 nitrogen and oxygen atoms in total. The van der Waals surface area contributed by atoms with Crippen molar-refractivity contribution >= 4 is 0 Å². The lowest BCUT2D eigenvalue weighted by molar-refractivity contribution is 0.268. The van der Waals surface area contributed by atoms with E-state index in [1.165, 1.54) is 0 Å². The Kier molecular flexibility index (Phi) is 3.08. The van der Waals surface area contributed by atoms with Crippen molar-refractivity contribution in [2.24, 2.45) is 5.73 Å². The van der Waals surface area contributed by atoms with Crippen molar-refractivity contribution in [1.29, 1.82) is 0 Å². The molecule has 0 fully saturated rings. The van der Waals surface area contributed by atoms with Gasteiger partial charge in [0.1, 0.15) is 5.75 Å². The van der Waals surface area contributed by atoms with E-state index in [9.17, 15) is 0 Å². The molecule has 0 radical (unpaired) electrons. The van der Waals surface area contributed by atoms with E-state index in [4.69, 9.17) is 15.9 Å². The van der Waals surface area contributed by atoms with E-state index >= 15 is 0 Å². The second kappa shape index (κ2) is 4.09. The number of aliphatic hydroxyl groups is 1. The Bertz CT molecular complexity index is 229. The lowest BCUT2D eigenvalue weighted by atomic mass is 10.0. The van der Waals surface area contributed by atoms with Crippen LogP contribution in [0, 0.1) is 0 Å². The minimum Gasteiger partial charge on any atom is -0.508 e. The summed E-state index contributed by atoms with van der Waals surface area (Å²) in [6, 6.07) is 6.72. The van der Waals surface area contributed by atoms with Crippen LogP contribution in [0.2, 0.25) is 0 Å². The molecule has 1 aromatic carbocycles. The number of nitrogens with two attached hydrogens (primary N) is 1. The third-order valence-electron chi connectivity index (χ3n) is 1.87. The smallest absolute Gasteiger partial charge is 0.115 e. The van der Waals surface area contributed by atoms with Crippen LogP contribution in [0.1, 0.15) is 11.5 Å². The fourth-order valence-corrected chi connectivity index (χ4v) is 1.06. The standard InChI is InChI=1S/C9H13NO2/c10-5-8(6-11)7-1-3-9(12)4-2-7/h1-4,8,11-12H,5-6,10H2. The van der Waals surface area contributed by atoms with Crippen LogP contribution in [-0.4, -0.2) is 23.4 Å². The molecule has 0 aliphatic rings. The molecule has 0 heterocycles. The van der Waals surface area contributed by atoms with Crippen molar-refractivity contribution < 1.29 is 10.2 Å². The second-order valence-electron chi connectivity index (χ2n) is 2.71. The Hall–Kier alpha value is -1.06. The molecule has 1 rings (SSSR count). The molecule has 66 valence electrons. The molecule has 0 saturated heterocycles. The molecule has 0 bridgehead atoms. The number of hydrogen-bond acceptors (Lipinski definition) is 3. The Morgan fingerprint density at radius 1 is 1.25 bits per heavy atom. The largest absolute Gasteiger partial charge is 0.508 e. The average Bonchev–Trinajstić information content (AvgIpc) is 2.10. The number of phenols is 1. The van der Waals surface area contributed by atoms with Gasteiger partial charge in [-0.05, 0) is 17.7 Å². The topological polar surface area (TPSA) is 66.5 Å². The zero-order valence-corrected chi connectivity index (χ0v) is 6.77. The first-order valence-electron chi connectivity index (χ1n) is 3.87. The van der Waals surface area contributed by atoms with E-state index in [1.807, 2.05) is 0 Å². The van der Waals surface area contributed by atoms with Crippen LogP contribution in [0.25, 0.3) is 0 Å². The van der Waals surface area contributed by atoms with Gasteiger partial charge in [-0.3, -0.25) is 0 Å². The highest BCUT2D eigenvalue weighted by molar-refractivity contribution is 5.28. The summed E-state index contributed by atoms with van der Waals surface area (Å²) >= 11 is 0. The monoisotopic (exact) mass is 167 g/mol. The zero-order chi connectivity index (χ0) is 8.97. The molecule has 0 aliphatic heterocycles. The predicted molar refractivity (Wildman–Crippen MR) is 47.0 cm³/mol. The van der Waals surface area contributed by atoms with Gasteiger partial charge in [0.2, 0.25) is 0 Å². The normalized spacial score (nSPS) is 12.8. The van der Waals surface area contributed by atoms with Crippen LogP contribution >= 0.6 is 0 Å². The van der Waals surface area contributed by atoms with Crippen LogP contribution in [0.3, 0.4) is 0 Å². The van der Waals surface area contributed by atoms with Crippen LogP contribution < -0.4 is 5.73 Å². The molecule has 0 aromatic heterocycles. The molecule has 1 unspecified atom stereocenters. The minimum absolute atomic E-state index is 0.0226. The highest BCUT2D eigenvalue weighted by Gasteiger charge is 2.06. The summed E-state index contributed by atoms with van der Waals surface area (Å²) in [6.45, 7) is 0.461. The summed E-state index contributed by atoms with van der Waals surface area (Å²) in [5, 5.41) is 17.9. The molecular formula is C9H13NO2. The Morgan fingerprint density at radius 2 is 1.83 bits per heavy atom. The number of rotatable bonds is 3. The second-order valence-corrected chi connectivity index (χ2v) is 2.71. The Morgan fingerprint density at radius 3 is 2.25 bits per heavy atom. The van der Waals surface area contributed by atoms with Gasteiger partial charge < -0.3 is 15.9 Å². The van der Waals surface area contributed by atoms with Gasteiger partial charge in [-0.2, -0.15) is 0 Å². The van der Waals surface area contributed by atoms with Crippen LogP contribution in [0.15, 0.2) is 24.3 Å². The first-order chi connectivity index (χ1) is 5.77. The van der Waals surface area contributed by atoms with Gasteiger partial charge in [0.15, 0.2) is 0 Å². The molecule has 0 spiro atoms. The molecule has 4 N–H and O–H groups in total. The summed E-state index contributed by atoms with van der Waals surface area (Å²) in [5.41, 5.74) is 6.39. The molecule has 3 heteroatoms. The number of hydrogen-bond donors (Lipinski definition) is 3. The van der Waals surface area contributed by atoms with E-state index in [0.717, 1.165) is 5.56 Å². The summed E-state index contributed by atoms with van der Waals surface area (Å²) in [4.78, 5) is 0. The van der Waals surface area contributed by atoms with E-state index in [-0.39, 0.29) is 18.3 Å². The molecular weight excluding hydrogens is 154 g/mol. The molecule has 0 saturated carbocycles. The van der Waals surface area contributed by atoms with Crippen molar-refractivity contribution in [2.75, 3.05) is 13.2 Å². The Balaban J connectivity index is 2.80. The van der Waals surface area contributed by atoms with Gasteiger partial charge in [-0.1, -0.05) is 12.1 Å². The molecule has 1 atom stereocenters. The first-order valence-corrected chi connectivity index (χ1v) is 3.87. The van der Waals surface area contributed by atoms with Gasteiger partial charge >= 0.3 is 0 Å². The van der Waals surface area contributed by atoms with Gasteiger partial charge in [0.05, 0.1) is 6.61 Å². The van der Waals surface area contributed by atoms with E-state index in [0.29, 0.717) is 6.54 Å². The summed E-state index contributed by atoms with van der Waals surface area (Å²) in [6.07, 6.45) is 0. The van der Waals surface area contributed by atoms with E-state index in [2.05, 4.69) is 0 Å². The maximum Gasteiger partial charge on any atom is 0.115 e. The predicted octanol–water partition coefficient (Wildman–Crippen LogP) is 0.427. The maximum atomic E-state index is 8.99. The molecule has 1 aromatic rings. The highest BCUT2D eigenvalue weighted by Crippen LogP contribution is 2.17. The molecule has 12 heavy (non-hydrogen) atoms. The third kappa shape index (κ3) is 1.96. The lowest BCUT2D eigenvalue weighted by Gasteiger charge is -2.11. The van der Waals surface area contributed by atoms with Crippen LogP contribution in [-0.2, 0) is 0 Å². The maximum absolute atomic E-state index is 8.99. The fraction of sp³-hybridized carbons (Fsp3) is 0.333. The first kappa shape index (κ1) is 9.03. The number of aliphatic hydroxyl groups excluding tert-OH is 1. The SMILES string of the molecule is NCC(CO)c1ccc(O)cc1. The summed E-state index contributed by atoms with van der Waals surface area (Å²) in [5.74, 6) is 0.207. The summed E-state index contributed by atoms with van der Waals surface area (Å²) < 4.78 is 0. The van der Waals surface area contributed by atoms with Gasteiger partial charge in [-0.25, -0.2) is 0 Å². The molecule has 0 amide bonds. The molecule has 0 aliphatic carbocycles. The van der Waals surface area contributed by atoms with Crippen LogP contribution in [0.5, 0.6) is 5.75 Å². The van der Waals surface area contributed by atoms with Crippen molar-refractivity contribution in [1.82, 2.24) is 0 Å². The minimum atomic E-state index is -0.0226. The van der Waals surface area contributed by atoms with Gasteiger partial charge in [0, 0.05) is 12.5 Å². The van der Waals surface area contributed by atoms with Crippen LogP contribution in [0.4, 0.5) is 0 Å². The fourth-order valence-electron chi connectivity index (χ4n) is 1.06. The zero-order valence-electron chi connectivity index (χ0n) is 6.77. The van der Waals surface area contributed by atoms with E-state index < -0.39 is 0 Å². The van der Waals surface area contributed by atoms with E-state index in [1.54, 1.807) is 24.3 Å². The van der Waals surface area contributed by atoms with Crippen molar-refractivity contribution in [2.45, 2.75) is 5.92 Å². The van der Waals surface area contributed by atoms with Gasteiger partial charge in [-0.15, -0.1) is 0 Å². The van der Waals surface area contributed by atoms with Crippen molar-refractivity contribution in [3.63, 3.8) is 0 Å². The summed E-state index contributed by atoms with van der Waals surface area (Å²) in [7, 11) is 0. The highest BCUT2D eigenvalue weighted by atomic mass is 16.3. The van der Waals surface area contributed by atoms with Crippen molar-refractivity contribution in [3.8, 4) is 5.75 Å². The van der Waals surface area contributed by atoms with Crippen molar-refractivity contribution in [3.05, 3.63) is 29.8 Å².